The van der Waals surface area contributed by atoms with E-state index in [2.05, 4.69) is 9.97 Å². The van der Waals surface area contributed by atoms with Gasteiger partial charge in [0.05, 0.1) is 12.0 Å². The van der Waals surface area contributed by atoms with E-state index in [9.17, 15) is 14.4 Å². The van der Waals surface area contributed by atoms with Crippen LogP contribution >= 0.6 is 11.8 Å². The second kappa shape index (κ2) is 8.60. The molecule has 1 aromatic carbocycles. The molecule has 158 valence electrons. The van der Waals surface area contributed by atoms with E-state index in [4.69, 9.17) is 9.15 Å². The third-order valence-electron chi connectivity index (χ3n) is 4.58. The fraction of sp³-hybridized carbons (Fsp3) is 0.190. The summed E-state index contributed by atoms with van der Waals surface area (Å²) in [7, 11) is 2.90. The summed E-state index contributed by atoms with van der Waals surface area (Å²) in [5, 5.41) is 0.421. The Morgan fingerprint density at radius 2 is 1.84 bits per heavy atom. The molecule has 0 unspecified atom stereocenters. The minimum atomic E-state index is -0.538. The lowest BCUT2D eigenvalue weighted by Crippen LogP contribution is -2.37. The summed E-state index contributed by atoms with van der Waals surface area (Å²) >= 11 is 1.05. The molecule has 31 heavy (non-hydrogen) atoms. The maximum atomic E-state index is 12.8. The van der Waals surface area contributed by atoms with Gasteiger partial charge in [0, 0.05) is 14.1 Å². The number of hydrogen-bond donors (Lipinski definition) is 0. The molecule has 0 spiro atoms. The molecule has 0 aliphatic rings. The van der Waals surface area contributed by atoms with Crippen LogP contribution in [0.1, 0.15) is 5.56 Å². The van der Waals surface area contributed by atoms with Crippen molar-refractivity contribution in [3.8, 4) is 11.6 Å². The second-order valence-electron chi connectivity index (χ2n) is 6.67. The quantitative estimate of drug-likeness (QED) is 0.256. The van der Waals surface area contributed by atoms with Crippen LogP contribution in [0.4, 0.5) is 0 Å². The highest BCUT2D eigenvalue weighted by Crippen LogP contribution is 2.26. The summed E-state index contributed by atoms with van der Waals surface area (Å²) in [4.78, 5) is 46.2. The Labute approximate surface area is 180 Å². The Bertz CT molecular complexity index is 1360. The number of esters is 1. The fourth-order valence-corrected chi connectivity index (χ4v) is 3.77. The molecule has 0 saturated carbocycles. The first-order chi connectivity index (χ1) is 15.0. The highest BCUT2D eigenvalue weighted by Gasteiger charge is 2.20. The predicted molar refractivity (Wildman–Crippen MR) is 115 cm³/mol. The highest BCUT2D eigenvalue weighted by atomic mass is 32.2. The Balaban J connectivity index is 1.68. The van der Waals surface area contributed by atoms with Crippen molar-refractivity contribution in [2.24, 2.45) is 14.1 Å². The first-order valence-corrected chi connectivity index (χ1v) is 10.3. The number of furan rings is 1. The average Bonchev–Trinajstić information content (AvgIpc) is 3.33. The monoisotopic (exact) mass is 438 g/mol. The van der Waals surface area contributed by atoms with Crippen molar-refractivity contribution >= 4 is 28.8 Å². The molecule has 0 radical (unpaired) electrons. The van der Waals surface area contributed by atoms with Crippen LogP contribution in [0.25, 0.3) is 22.6 Å². The number of rotatable bonds is 6. The summed E-state index contributed by atoms with van der Waals surface area (Å²) in [6.07, 6.45) is 1.47. The molecule has 0 aliphatic heterocycles. The van der Waals surface area contributed by atoms with Crippen molar-refractivity contribution in [2.75, 3.05) is 5.75 Å². The zero-order chi connectivity index (χ0) is 22.0. The highest BCUT2D eigenvalue weighted by molar-refractivity contribution is 8.00. The van der Waals surface area contributed by atoms with E-state index in [1.54, 1.807) is 12.1 Å². The molecule has 0 saturated heterocycles. The van der Waals surface area contributed by atoms with Crippen molar-refractivity contribution in [3.63, 3.8) is 0 Å². The van der Waals surface area contributed by atoms with Gasteiger partial charge in [0.1, 0.15) is 17.0 Å². The topological polar surface area (TPSA) is 109 Å². The van der Waals surface area contributed by atoms with Crippen molar-refractivity contribution in [2.45, 2.75) is 11.6 Å². The summed E-state index contributed by atoms with van der Waals surface area (Å²) in [5.74, 6) is 0.0639. The number of benzene rings is 1. The van der Waals surface area contributed by atoms with Crippen molar-refractivity contribution in [3.05, 3.63) is 75.1 Å². The third kappa shape index (κ3) is 4.15. The van der Waals surface area contributed by atoms with Gasteiger partial charge in [-0.2, -0.15) is 0 Å². The second-order valence-corrected chi connectivity index (χ2v) is 7.63. The Hall–Kier alpha value is -3.66. The Morgan fingerprint density at radius 1 is 1.06 bits per heavy atom. The molecule has 3 aromatic heterocycles. The molecule has 9 nitrogen and oxygen atoms in total. The molecule has 4 rings (SSSR count). The molecule has 3 heterocycles. The number of nitrogens with zero attached hydrogens (tertiary/aromatic N) is 4. The first kappa shape index (κ1) is 20.6. The molecule has 4 aromatic rings. The van der Waals surface area contributed by atoms with Crippen LogP contribution in [0.5, 0.6) is 0 Å². The fourth-order valence-electron chi connectivity index (χ4n) is 2.96. The van der Waals surface area contributed by atoms with Gasteiger partial charge in [-0.05, 0) is 17.7 Å². The van der Waals surface area contributed by atoms with Gasteiger partial charge in [0.25, 0.3) is 5.56 Å². The predicted octanol–water partition coefficient (Wildman–Crippen LogP) is 2.12. The van der Waals surface area contributed by atoms with Crippen LogP contribution in [0, 0.1) is 0 Å². The van der Waals surface area contributed by atoms with Gasteiger partial charge in [-0.3, -0.25) is 18.7 Å². The number of carbonyl (C=O) groups excluding carboxylic acids is 1. The van der Waals surface area contributed by atoms with E-state index >= 15 is 0 Å². The molecule has 0 fully saturated rings. The van der Waals surface area contributed by atoms with Gasteiger partial charge in [-0.15, -0.1) is 0 Å². The van der Waals surface area contributed by atoms with E-state index in [1.165, 1.54) is 24.9 Å². The van der Waals surface area contributed by atoms with Gasteiger partial charge in [-0.1, -0.05) is 42.1 Å². The van der Waals surface area contributed by atoms with Crippen molar-refractivity contribution in [1.29, 1.82) is 0 Å². The lowest BCUT2D eigenvalue weighted by Gasteiger charge is -2.11. The SMILES string of the molecule is Cn1c(=O)c2c(SCC(=O)OCc3ccccc3)nc(-c3ccco3)nc2n(C)c1=O. The number of fused-ring (bicyclic) bond motifs is 1. The molecule has 0 aliphatic carbocycles. The Morgan fingerprint density at radius 3 is 2.55 bits per heavy atom. The minimum absolute atomic E-state index is 0.0669. The molecule has 0 N–H and O–H groups in total. The van der Waals surface area contributed by atoms with E-state index in [0.29, 0.717) is 5.76 Å². The third-order valence-corrected chi connectivity index (χ3v) is 5.53. The number of hydrogen-bond acceptors (Lipinski definition) is 8. The summed E-state index contributed by atoms with van der Waals surface area (Å²) in [5.41, 5.74) is -0.0176. The molecule has 0 atom stereocenters. The number of ether oxygens (including phenoxy) is 1. The van der Waals surface area contributed by atoms with Gasteiger partial charge in [-0.25, -0.2) is 14.8 Å². The maximum Gasteiger partial charge on any atom is 0.332 e. The number of aryl methyl sites for hydroxylation is 1. The number of aromatic nitrogens is 4. The van der Waals surface area contributed by atoms with E-state index in [0.717, 1.165) is 21.9 Å². The smallest absolute Gasteiger partial charge is 0.332 e. The lowest BCUT2D eigenvalue weighted by atomic mass is 10.2. The minimum Gasteiger partial charge on any atom is -0.461 e. The van der Waals surface area contributed by atoms with Crippen LogP contribution in [-0.4, -0.2) is 30.8 Å². The lowest BCUT2D eigenvalue weighted by molar-refractivity contribution is -0.141. The van der Waals surface area contributed by atoms with Gasteiger partial charge < -0.3 is 9.15 Å². The zero-order valence-corrected chi connectivity index (χ0v) is 17.6. The molecular formula is C21H18N4O5S. The standard InChI is InChI=1S/C21H18N4O5S/c1-24-18-16(20(27)25(2)21(24)28)19(23-17(22-18)14-9-6-10-29-14)31-12-15(26)30-11-13-7-4-3-5-8-13/h3-10H,11-12H2,1-2H3. The molecular weight excluding hydrogens is 420 g/mol. The zero-order valence-electron chi connectivity index (χ0n) is 16.8. The maximum absolute atomic E-state index is 12.8. The summed E-state index contributed by atoms with van der Waals surface area (Å²) in [6.45, 7) is 0.151. The van der Waals surface area contributed by atoms with Gasteiger partial charge in [0.15, 0.2) is 17.2 Å². The van der Waals surface area contributed by atoms with Gasteiger partial charge in [0.2, 0.25) is 0 Å². The molecule has 0 bridgehead atoms. The van der Waals surface area contributed by atoms with Crippen molar-refractivity contribution < 1.29 is 13.9 Å². The summed E-state index contributed by atoms with van der Waals surface area (Å²) < 4.78 is 12.9. The van der Waals surface area contributed by atoms with Crippen LogP contribution in [0.3, 0.4) is 0 Å². The van der Waals surface area contributed by atoms with Crippen LogP contribution in [0.2, 0.25) is 0 Å². The summed E-state index contributed by atoms with van der Waals surface area (Å²) in [6, 6.07) is 12.7. The van der Waals surface area contributed by atoms with E-state index in [-0.39, 0.29) is 34.2 Å². The average molecular weight is 438 g/mol. The number of thioether (sulfide) groups is 1. The van der Waals surface area contributed by atoms with Gasteiger partial charge >= 0.3 is 11.7 Å². The van der Waals surface area contributed by atoms with Crippen LogP contribution in [-0.2, 0) is 30.2 Å². The Kier molecular flexibility index (Phi) is 5.72. The van der Waals surface area contributed by atoms with E-state index in [1.807, 2.05) is 30.3 Å². The normalized spacial score (nSPS) is 11.0. The van der Waals surface area contributed by atoms with Crippen molar-refractivity contribution in [1.82, 2.24) is 19.1 Å². The van der Waals surface area contributed by atoms with Crippen LogP contribution < -0.4 is 11.2 Å². The van der Waals surface area contributed by atoms with Crippen LogP contribution in [0.15, 0.2) is 67.8 Å². The largest absolute Gasteiger partial charge is 0.461 e. The first-order valence-electron chi connectivity index (χ1n) is 9.29. The molecule has 10 heteroatoms. The van der Waals surface area contributed by atoms with E-state index < -0.39 is 17.2 Å². The number of carbonyl (C=O) groups is 1. The molecule has 0 amide bonds.